The molecule has 0 fully saturated rings. The van der Waals surface area contributed by atoms with Gasteiger partial charge in [0.2, 0.25) is 0 Å². The van der Waals surface area contributed by atoms with E-state index in [1.165, 1.54) is 5.56 Å². The predicted molar refractivity (Wildman–Crippen MR) is 127 cm³/mol. The minimum absolute atomic E-state index is 0.530. The van der Waals surface area contributed by atoms with Crippen LogP contribution in [0.25, 0.3) is 22.2 Å². The number of aromatic amines is 1. The largest absolute Gasteiger partial charge is 0.489 e. The summed E-state index contributed by atoms with van der Waals surface area (Å²) >= 11 is 13.0. The van der Waals surface area contributed by atoms with Crippen LogP contribution < -0.4 is 10.5 Å². The van der Waals surface area contributed by atoms with E-state index in [0.717, 1.165) is 52.7 Å². The second kappa shape index (κ2) is 9.57. The number of unbranched alkanes of at least 4 members (excludes halogenated alkanes) is 1. The Kier molecular flexibility index (Phi) is 6.63. The summed E-state index contributed by atoms with van der Waals surface area (Å²) in [5, 5.41) is 2.40. The van der Waals surface area contributed by atoms with E-state index in [2.05, 4.69) is 29.2 Å². The van der Waals surface area contributed by atoms with E-state index in [0.29, 0.717) is 23.2 Å². The smallest absolute Gasteiger partial charge is 0.120 e. The van der Waals surface area contributed by atoms with E-state index < -0.39 is 0 Å². The molecule has 3 aromatic carbocycles. The van der Waals surface area contributed by atoms with E-state index in [-0.39, 0.29) is 0 Å². The lowest BCUT2D eigenvalue weighted by Crippen LogP contribution is -1.99. The van der Waals surface area contributed by atoms with Crippen molar-refractivity contribution < 1.29 is 4.74 Å². The van der Waals surface area contributed by atoms with Crippen LogP contribution in [0.2, 0.25) is 10.0 Å². The van der Waals surface area contributed by atoms with E-state index in [1.54, 1.807) is 0 Å². The van der Waals surface area contributed by atoms with Crippen molar-refractivity contribution in [3.8, 4) is 17.0 Å². The van der Waals surface area contributed by atoms with E-state index in [9.17, 15) is 0 Å². The molecule has 5 heteroatoms. The molecule has 30 heavy (non-hydrogen) atoms. The lowest BCUT2D eigenvalue weighted by atomic mass is 10.00. The fraction of sp³-hybridized carbons (Fsp3) is 0.200. The maximum Gasteiger partial charge on any atom is 0.120 e. The number of aryl methyl sites for hydroxylation is 1. The first kappa shape index (κ1) is 20.8. The zero-order chi connectivity index (χ0) is 20.9. The summed E-state index contributed by atoms with van der Waals surface area (Å²) < 4.78 is 6.06. The SMILES string of the molecule is NCCCCc1c(-c2c(Cl)cccc2Cl)[nH]c2ccc(OCc3ccccc3)cc12. The fourth-order valence-corrected chi connectivity index (χ4v) is 4.30. The van der Waals surface area contributed by atoms with Gasteiger partial charge in [0.25, 0.3) is 0 Å². The number of fused-ring (bicyclic) bond motifs is 1. The second-order valence-electron chi connectivity index (χ2n) is 7.30. The summed E-state index contributed by atoms with van der Waals surface area (Å²) in [4.78, 5) is 3.53. The molecule has 0 radical (unpaired) electrons. The number of ether oxygens (including phenoxy) is 1. The van der Waals surface area contributed by atoms with Crippen LogP contribution in [-0.2, 0) is 13.0 Å². The zero-order valence-electron chi connectivity index (χ0n) is 16.6. The Bertz CT molecular complexity index is 1120. The molecular weight excluding hydrogens is 415 g/mol. The molecule has 1 aromatic heterocycles. The molecule has 4 rings (SSSR count). The van der Waals surface area contributed by atoms with E-state index in [4.69, 9.17) is 33.7 Å². The van der Waals surface area contributed by atoms with Gasteiger partial charge in [0, 0.05) is 16.5 Å². The van der Waals surface area contributed by atoms with Gasteiger partial charge in [0.05, 0.1) is 15.7 Å². The number of nitrogens with one attached hydrogen (secondary N) is 1. The van der Waals surface area contributed by atoms with Crippen LogP contribution in [-0.4, -0.2) is 11.5 Å². The maximum atomic E-state index is 6.52. The average Bonchev–Trinajstić information content (AvgIpc) is 3.10. The van der Waals surface area contributed by atoms with Crippen LogP contribution in [0, 0.1) is 0 Å². The Hall–Kier alpha value is -2.46. The third kappa shape index (κ3) is 4.49. The number of H-pyrrole nitrogens is 1. The monoisotopic (exact) mass is 438 g/mol. The van der Waals surface area contributed by atoms with Gasteiger partial charge in [-0.25, -0.2) is 0 Å². The van der Waals surface area contributed by atoms with Gasteiger partial charge in [-0.3, -0.25) is 0 Å². The molecule has 0 unspecified atom stereocenters. The number of nitrogens with two attached hydrogens (primary N) is 1. The van der Waals surface area contributed by atoms with E-state index in [1.807, 2.05) is 42.5 Å². The highest BCUT2D eigenvalue weighted by molar-refractivity contribution is 6.39. The highest BCUT2D eigenvalue weighted by Crippen LogP contribution is 2.40. The van der Waals surface area contributed by atoms with Crippen LogP contribution in [0.15, 0.2) is 66.7 Å². The standard InChI is InChI=1S/C25H24Cl2N2O/c26-21-10-6-11-22(27)24(21)25-19(9-4-5-14-28)20-15-18(12-13-23(20)29-25)30-16-17-7-2-1-3-8-17/h1-3,6-8,10-13,15,29H,4-5,9,14,16,28H2. The summed E-state index contributed by atoms with van der Waals surface area (Å²) in [5.41, 5.74) is 10.9. The van der Waals surface area contributed by atoms with Gasteiger partial charge in [0.15, 0.2) is 0 Å². The van der Waals surface area contributed by atoms with Crippen molar-refractivity contribution in [2.45, 2.75) is 25.9 Å². The molecule has 0 aliphatic rings. The van der Waals surface area contributed by atoms with Gasteiger partial charge < -0.3 is 15.5 Å². The van der Waals surface area contributed by atoms with Crippen molar-refractivity contribution in [2.75, 3.05) is 6.54 Å². The lowest BCUT2D eigenvalue weighted by Gasteiger charge is -2.10. The molecule has 0 aliphatic heterocycles. The minimum Gasteiger partial charge on any atom is -0.489 e. The summed E-state index contributed by atoms with van der Waals surface area (Å²) in [6.45, 7) is 1.21. The quantitative estimate of drug-likeness (QED) is 0.290. The van der Waals surface area contributed by atoms with Crippen molar-refractivity contribution in [3.05, 3.63) is 87.9 Å². The Labute approximate surface area is 186 Å². The first-order valence-electron chi connectivity index (χ1n) is 10.1. The summed E-state index contributed by atoms with van der Waals surface area (Å²) in [7, 11) is 0. The molecule has 0 spiro atoms. The highest BCUT2D eigenvalue weighted by atomic mass is 35.5. The predicted octanol–water partition coefficient (Wildman–Crippen LogP) is 7.00. The van der Waals surface area contributed by atoms with Crippen LogP contribution in [0.5, 0.6) is 5.75 Å². The third-order valence-electron chi connectivity index (χ3n) is 5.22. The number of hydrogen-bond acceptors (Lipinski definition) is 2. The Balaban J connectivity index is 1.73. The first-order chi connectivity index (χ1) is 14.7. The molecule has 0 aliphatic carbocycles. The van der Waals surface area contributed by atoms with Crippen LogP contribution in [0.4, 0.5) is 0 Å². The fourth-order valence-electron chi connectivity index (χ4n) is 3.71. The number of benzene rings is 3. The lowest BCUT2D eigenvalue weighted by molar-refractivity contribution is 0.306. The van der Waals surface area contributed by atoms with Gasteiger partial charge in [0.1, 0.15) is 12.4 Å². The van der Waals surface area contributed by atoms with Crippen molar-refractivity contribution in [1.29, 1.82) is 0 Å². The summed E-state index contributed by atoms with van der Waals surface area (Å²) in [6, 6.07) is 21.9. The third-order valence-corrected chi connectivity index (χ3v) is 5.85. The molecule has 1 heterocycles. The number of halogens is 2. The number of hydrogen-bond donors (Lipinski definition) is 2. The van der Waals surface area contributed by atoms with E-state index >= 15 is 0 Å². The molecule has 0 amide bonds. The van der Waals surface area contributed by atoms with Crippen molar-refractivity contribution in [2.24, 2.45) is 5.73 Å². The number of rotatable bonds is 8. The van der Waals surface area contributed by atoms with Gasteiger partial charge in [-0.05, 0) is 67.3 Å². The topological polar surface area (TPSA) is 51.0 Å². The average molecular weight is 439 g/mol. The molecule has 0 saturated carbocycles. The second-order valence-corrected chi connectivity index (χ2v) is 8.12. The molecule has 0 bridgehead atoms. The maximum absolute atomic E-state index is 6.52. The van der Waals surface area contributed by atoms with Crippen LogP contribution in [0.1, 0.15) is 24.0 Å². The highest BCUT2D eigenvalue weighted by Gasteiger charge is 2.18. The molecule has 3 N–H and O–H groups in total. The molecule has 0 atom stereocenters. The summed E-state index contributed by atoms with van der Waals surface area (Å²) in [6.07, 6.45) is 2.84. The minimum atomic E-state index is 0.530. The van der Waals surface area contributed by atoms with Crippen LogP contribution in [0.3, 0.4) is 0 Å². The Morgan fingerprint density at radius 3 is 2.37 bits per heavy atom. The normalized spacial score (nSPS) is 11.2. The molecule has 4 aromatic rings. The van der Waals surface area contributed by atoms with Gasteiger partial charge in [-0.1, -0.05) is 59.6 Å². The van der Waals surface area contributed by atoms with Gasteiger partial charge in [-0.2, -0.15) is 0 Å². The summed E-state index contributed by atoms with van der Waals surface area (Å²) in [5.74, 6) is 0.835. The molecule has 154 valence electrons. The zero-order valence-corrected chi connectivity index (χ0v) is 18.1. The van der Waals surface area contributed by atoms with Gasteiger partial charge in [-0.15, -0.1) is 0 Å². The number of aromatic nitrogens is 1. The van der Waals surface area contributed by atoms with Crippen LogP contribution >= 0.6 is 23.2 Å². The van der Waals surface area contributed by atoms with Gasteiger partial charge >= 0.3 is 0 Å². The molecule has 3 nitrogen and oxygen atoms in total. The van der Waals surface area contributed by atoms with Crippen molar-refractivity contribution >= 4 is 34.1 Å². The van der Waals surface area contributed by atoms with Crippen molar-refractivity contribution in [3.63, 3.8) is 0 Å². The van der Waals surface area contributed by atoms with Crippen molar-refractivity contribution in [1.82, 2.24) is 4.98 Å². The molecule has 0 saturated heterocycles. The first-order valence-corrected chi connectivity index (χ1v) is 10.9. The Morgan fingerprint density at radius 1 is 0.867 bits per heavy atom. The molecular formula is C25H24Cl2N2O. The Morgan fingerprint density at radius 2 is 1.63 bits per heavy atom.